The molecule has 6 rings (SSSR count). The van der Waals surface area contributed by atoms with Crippen LogP contribution in [0.5, 0.6) is 5.75 Å². The molecule has 1 saturated carbocycles. The lowest BCUT2D eigenvalue weighted by Crippen LogP contribution is -2.15. The molecule has 2 N–H and O–H groups in total. The normalized spacial score (nSPS) is 13.7. The zero-order valence-electron chi connectivity index (χ0n) is 24.2. The Kier molecular flexibility index (Phi) is 7.93. The first-order valence-corrected chi connectivity index (χ1v) is 14.4. The zero-order chi connectivity index (χ0) is 31.0. The summed E-state index contributed by atoms with van der Waals surface area (Å²) in [6, 6.07) is 4.90. The maximum Gasteiger partial charge on any atom is 0.434 e. The maximum absolute atomic E-state index is 13.5. The number of aromatic nitrogens is 8. The number of nitrogens with zero attached hydrogens (tertiary/aromatic N) is 7. The molecule has 0 unspecified atom stereocenters. The Morgan fingerprint density at radius 2 is 1.95 bits per heavy atom. The van der Waals surface area contributed by atoms with Crippen LogP contribution in [0.4, 0.5) is 13.2 Å². The Bertz CT molecular complexity index is 1860. The third kappa shape index (κ3) is 5.94. The van der Waals surface area contributed by atoms with E-state index in [1.165, 1.54) is 10.9 Å². The monoisotopic (exact) mass is 608 g/mol. The molecular weight excluding hydrogens is 577 g/mol. The van der Waals surface area contributed by atoms with Crippen molar-refractivity contribution in [1.82, 2.24) is 39.3 Å². The molecule has 0 atom stereocenters. The quantitative estimate of drug-likeness (QED) is 0.197. The van der Waals surface area contributed by atoms with E-state index < -0.39 is 11.9 Å². The molecule has 0 bridgehead atoms. The number of benzene rings is 1. The lowest BCUT2D eigenvalue weighted by Gasteiger charge is -2.16. The van der Waals surface area contributed by atoms with Crippen LogP contribution >= 0.6 is 0 Å². The van der Waals surface area contributed by atoms with E-state index in [1.54, 1.807) is 49.1 Å². The van der Waals surface area contributed by atoms with Gasteiger partial charge in [0.15, 0.2) is 17.2 Å². The smallest absolute Gasteiger partial charge is 0.434 e. The molecular formula is C30H31F3N8O3. The van der Waals surface area contributed by atoms with Crippen LogP contribution < -0.4 is 10.3 Å². The second-order valence-corrected chi connectivity index (χ2v) is 11.1. The first-order valence-electron chi connectivity index (χ1n) is 14.4. The van der Waals surface area contributed by atoms with Crippen molar-refractivity contribution in [3.8, 4) is 28.5 Å². The van der Waals surface area contributed by atoms with Gasteiger partial charge in [0, 0.05) is 42.1 Å². The molecule has 0 amide bonds. The van der Waals surface area contributed by atoms with Crippen molar-refractivity contribution < 1.29 is 23.0 Å². The van der Waals surface area contributed by atoms with E-state index in [4.69, 9.17) is 9.72 Å². The van der Waals surface area contributed by atoms with E-state index in [2.05, 4.69) is 25.0 Å². The van der Waals surface area contributed by atoms with Gasteiger partial charge in [-0.05, 0) is 45.6 Å². The van der Waals surface area contributed by atoms with Crippen LogP contribution in [-0.2, 0) is 12.7 Å². The van der Waals surface area contributed by atoms with Gasteiger partial charge in [0.2, 0.25) is 0 Å². The summed E-state index contributed by atoms with van der Waals surface area (Å²) in [4.78, 5) is 32.9. The minimum absolute atomic E-state index is 0.0197. The number of hydrogen-bond acceptors (Lipinski definition) is 8. The molecule has 5 aromatic rings. The fraction of sp³-hybridized carbons (Fsp3) is 0.400. The number of ether oxygens (including phenoxy) is 1. The summed E-state index contributed by atoms with van der Waals surface area (Å²) in [6.45, 7) is 4.12. The number of unbranched alkanes of at least 4 members (excludes halogenated alkanes) is 1. The first-order chi connectivity index (χ1) is 21.1. The molecule has 4 aromatic heterocycles. The van der Waals surface area contributed by atoms with E-state index in [9.17, 15) is 23.1 Å². The van der Waals surface area contributed by atoms with Crippen molar-refractivity contribution in [2.24, 2.45) is 0 Å². The summed E-state index contributed by atoms with van der Waals surface area (Å²) < 4.78 is 49.9. The molecule has 1 aromatic carbocycles. The number of aromatic amines is 1. The zero-order valence-corrected chi connectivity index (χ0v) is 24.2. The van der Waals surface area contributed by atoms with Crippen molar-refractivity contribution in [2.75, 3.05) is 13.2 Å². The van der Waals surface area contributed by atoms with E-state index in [-0.39, 0.29) is 42.3 Å². The number of H-pyrrole nitrogens is 1. The van der Waals surface area contributed by atoms with Crippen molar-refractivity contribution in [3.05, 3.63) is 70.4 Å². The Morgan fingerprint density at radius 3 is 2.68 bits per heavy atom. The van der Waals surface area contributed by atoms with Crippen LogP contribution in [0.25, 0.3) is 33.8 Å². The van der Waals surface area contributed by atoms with Gasteiger partial charge in [-0.3, -0.25) is 4.79 Å². The number of aliphatic hydroxyl groups is 1. The third-order valence-corrected chi connectivity index (χ3v) is 7.48. The molecule has 14 heteroatoms. The molecule has 230 valence electrons. The van der Waals surface area contributed by atoms with Crippen LogP contribution in [0.3, 0.4) is 0 Å². The molecule has 1 aliphatic carbocycles. The Labute approximate surface area is 249 Å². The topological polar surface area (TPSA) is 137 Å². The van der Waals surface area contributed by atoms with Crippen LogP contribution in [0.1, 0.15) is 68.4 Å². The number of rotatable bonds is 11. The highest BCUT2D eigenvalue weighted by molar-refractivity contribution is 5.76. The number of imidazole rings is 1. The number of aliphatic hydroxyl groups excluding tert-OH is 1. The van der Waals surface area contributed by atoms with Crippen molar-refractivity contribution >= 4 is 11.0 Å². The van der Waals surface area contributed by atoms with E-state index in [0.29, 0.717) is 58.6 Å². The van der Waals surface area contributed by atoms with Gasteiger partial charge in [-0.1, -0.05) is 12.1 Å². The summed E-state index contributed by atoms with van der Waals surface area (Å²) in [5, 5.41) is 14.4. The van der Waals surface area contributed by atoms with Gasteiger partial charge in [-0.15, -0.1) is 0 Å². The van der Waals surface area contributed by atoms with Crippen molar-refractivity contribution in [1.29, 1.82) is 0 Å². The largest absolute Gasteiger partial charge is 0.493 e. The average molecular weight is 609 g/mol. The van der Waals surface area contributed by atoms with E-state index >= 15 is 0 Å². The van der Waals surface area contributed by atoms with Crippen LogP contribution in [0.2, 0.25) is 0 Å². The summed E-state index contributed by atoms with van der Waals surface area (Å²) in [7, 11) is 0. The molecule has 4 heterocycles. The van der Waals surface area contributed by atoms with Gasteiger partial charge in [0.25, 0.3) is 5.56 Å². The minimum Gasteiger partial charge on any atom is -0.493 e. The average Bonchev–Trinajstić information content (AvgIpc) is 3.60. The number of fused-ring (bicyclic) bond motifs is 1. The Balaban J connectivity index is 1.38. The summed E-state index contributed by atoms with van der Waals surface area (Å²) in [5.41, 5.74) is 1.43. The molecule has 1 aliphatic rings. The molecule has 0 radical (unpaired) electrons. The lowest BCUT2D eigenvalue weighted by atomic mass is 10.1. The van der Waals surface area contributed by atoms with E-state index in [1.807, 2.05) is 0 Å². The van der Waals surface area contributed by atoms with Gasteiger partial charge in [-0.25, -0.2) is 24.6 Å². The minimum atomic E-state index is -4.58. The lowest BCUT2D eigenvalue weighted by molar-refractivity contribution is -0.140. The van der Waals surface area contributed by atoms with Gasteiger partial charge in [0.05, 0.1) is 36.8 Å². The van der Waals surface area contributed by atoms with Crippen molar-refractivity contribution in [3.63, 3.8) is 0 Å². The molecule has 0 saturated heterocycles. The number of hydrogen-bond donors (Lipinski definition) is 2. The third-order valence-electron chi connectivity index (χ3n) is 7.48. The van der Waals surface area contributed by atoms with Gasteiger partial charge < -0.3 is 19.4 Å². The second-order valence-electron chi connectivity index (χ2n) is 11.1. The SMILES string of the molecule is CC(C)n1cc(C(F)(F)F)nc1-c1ccc(Cn2ncc3cnc(-c4c(C5CC5)nc[nH]c4=O)nc32)c(OCCCCO)c1. The summed E-state index contributed by atoms with van der Waals surface area (Å²) in [5.74, 6) is 1.09. The number of halogens is 3. The predicted molar refractivity (Wildman–Crippen MR) is 155 cm³/mol. The first kappa shape index (κ1) is 29.5. The maximum atomic E-state index is 13.5. The van der Waals surface area contributed by atoms with Crippen LogP contribution in [-0.4, -0.2) is 57.6 Å². The van der Waals surface area contributed by atoms with Crippen LogP contribution in [0.15, 0.2) is 47.9 Å². The molecule has 0 aliphatic heterocycles. The predicted octanol–water partition coefficient (Wildman–Crippen LogP) is 5.12. The van der Waals surface area contributed by atoms with E-state index in [0.717, 1.165) is 19.0 Å². The van der Waals surface area contributed by atoms with Gasteiger partial charge in [-0.2, -0.15) is 18.3 Å². The molecule has 44 heavy (non-hydrogen) atoms. The van der Waals surface area contributed by atoms with Crippen LogP contribution in [0, 0.1) is 0 Å². The standard InChI is InChI=1S/C30H31F3N8O3/c1-17(2)40-15-23(30(31,32)33)38-27(40)19-7-8-20(22(11-19)44-10-4-3-9-42)14-41-28-21(13-37-41)12-34-26(39-28)24-25(18-5-6-18)35-16-36-29(24)43/h7-8,11-13,15-18,42H,3-6,9-10,14H2,1-2H3,(H,35,36,43). The fourth-order valence-corrected chi connectivity index (χ4v) is 5.05. The highest BCUT2D eigenvalue weighted by atomic mass is 19.4. The van der Waals surface area contributed by atoms with Gasteiger partial charge in [0.1, 0.15) is 17.1 Å². The highest BCUT2D eigenvalue weighted by Crippen LogP contribution is 2.41. The molecule has 1 fully saturated rings. The van der Waals surface area contributed by atoms with Crippen molar-refractivity contribution in [2.45, 2.75) is 64.2 Å². The van der Waals surface area contributed by atoms with Gasteiger partial charge >= 0.3 is 6.18 Å². The Morgan fingerprint density at radius 1 is 1.14 bits per heavy atom. The number of nitrogens with one attached hydrogen (secondary N) is 1. The summed E-state index contributed by atoms with van der Waals surface area (Å²) in [6.07, 6.45) is 4.11. The second kappa shape index (κ2) is 11.8. The fourth-order valence-electron chi connectivity index (χ4n) is 5.05. The molecule has 11 nitrogen and oxygen atoms in total. The number of alkyl halides is 3. The Hall–Kier alpha value is -4.59. The highest BCUT2D eigenvalue weighted by Gasteiger charge is 2.35. The molecule has 0 spiro atoms. The summed E-state index contributed by atoms with van der Waals surface area (Å²) >= 11 is 0.